The largest absolute Gasteiger partial charge is 0.492 e. The van der Waals surface area contributed by atoms with Gasteiger partial charge >= 0.3 is 0 Å². The SMILES string of the molecule is NCCOc1ccc(C2CCS(=O)(=O)C2)cc1. The van der Waals surface area contributed by atoms with Crippen molar-refractivity contribution in [1.29, 1.82) is 0 Å². The van der Waals surface area contributed by atoms with Crippen LogP contribution in [0.15, 0.2) is 24.3 Å². The van der Waals surface area contributed by atoms with Crippen molar-refractivity contribution in [1.82, 2.24) is 0 Å². The first-order valence-electron chi connectivity index (χ1n) is 5.74. The van der Waals surface area contributed by atoms with Crippen molar-refractivity contribution in [3.8, 4) is 5.75 Å². The minimum absolute atomic E-state index is 0.142. The molecule has 0 spiro atoms. The lowest BCUT2D eigenvalue weighted by atomic mass is 9.99. The molecule has 2 N–H and O–H groups in total. The van der Waals surface area contributed by atoms with Gasteiger partial charge in [-0.05, 0) is 30.0 Å². The van der Waals surface area contributed by atoms with Crippen LogP contribution in [0, 0.1) is 0 Å². The van der Waals surface area contributed by atoms with E-state index in [1.54, 1.807) is 0 Å². The van der Waals surface area contributed by atoms with Crippen molar-refractivity contribution in [2.45, 2.75) is 12.3 Å². The van der Waals surface area contributed by atoms with E-state index in [1.165, 1.54) is 0 Å². The summed E-state index contributed by atoms with van der Waals surface area (Å²) in [4.78, 5) is 0. The second kappa shape index (κ2) is 5.06. The van der Waals surface area contributed by atoms with Crippen LogP contribution >= 0.6 is 0 Å². The number of ether oxygens (including phenoxy) is 1. The summed E-state index contributed by atoms with van der Waals surface area (Å²) in [5.74, 6) is 1.50. The second-order valence-corrected chi connectivity index (χ2v) is 6.53. The van der Waals surface area contributed by atoms with E-state index in [2.05, 4.69) is 0 Å². The topological polar surface area (TPSA) is 69.4 Å². The first kappa shape index (κ1) is 12.4. The molecule has 4 nitrogen and oxygen atoms in total. The Morgan fingerprint density at radius 1 is 1.29 bits per heavy atom. The lowest BCUT2D eigenvalue weighted by Crippen LogP contribution is -2.10. The number of hydrogen-bond acceptors (Lipinski definition) is 4. The first-order chi connectivity index (χ1) is 8.11. The van der Waals surface area contributed by atoms with Gasteiger partial charge in [-0.15, -0.1) is 0 Å². The maximum Gasteiger partial charge on any atom is 0.150 e. The van der Waals surface area contributed by atoms with E-state index in [9.17, 15) is 8.42 Å². The van der Waals surface area contributed by atoms with E-state index in [0.29, 0.717) is 18.9 Å². The number of sulfone groups is 1. The van der Waals surface area contributed by atoms with Crippen LogP contribution in [0.25, 0.3) is 0 Å². The zero-order chi connectivity index (χ0) is 12.3. The summed E-state index contributed by atoms with van der Waals surface area (Å²) in [6.07, 6.45) is 0.728. The molecule has 17 heavy (non-hydrogen) atoms. The van der Waals surface area contributed by atoms with E-state index in [0.717, 1.165) is 17.7 Å². The van der Waals surface area contributed by atoms with Crippen LogP contribution in [-0.4, -0.2) is 33.1 Å². The van der Waals surface area contributed by atoms with E-state index in [1.807, 2.05) is 24.3 Å². The summed E-state index contributed by atoms with van der Waals surface area (Å²) < 4.78 is 28.1. The molecule has 0 aliphatic carbocycles. The zero-order valence-electron chi connectivity index (χ0n) is 9.63. The van der Waals surface area contributed by atoms with Crippen molar-refractivity contribution in [2.75, 3.05) is 24.7 Å². The zero-order valence-corrected chi connectivity index (χ0v) is 10.4. The molecule has 0 aromatic heterocycles. The fourth-order valence-electron chi connectivity index (χ4n) is 2.07. The molecule has 1 aromatic rings. The monoisotopic (exact) mass is 255 g/mol. The van der Waals surface area contributed by atoms with Gasteiger partial charge in [-0.3, -0.25) is 0 Å². The van der Waals surface area contributed by atoms with Crippen LogP contribution in [-0.2, 0) is 9.84 Å². The third-order valence-electron chi connectivity index (χ3n) is 2.97. The fraction of sp³-hybridized carbons (Fsp3) is 0.500. The molecule has 0 bridgehead atoms. The Morgan fingerprint density at radius 3 is 2.53 bits per heavy atom. The van der Waals surface area contributed by atoms with E-state index in [-0.39, 0.29) is 11.7 Å². The van der Waals surface area contributed by atoms with Gasteiger partial charge in [0.2, 0.25) is 0 Å². The normalized spacial score (nSPS) is 22.5. The van der Waals surface area contributed by atoms with Gasteiger partial charge in [0.05, 0.1) is 11.5 Å². The van der Waals surface area contributed by atoms with Crippen LogP contribution in [0.1, 0.15) is 17.9 Å². The smallest absolute Gasteiger partial charge is 0.150 e. The van der Waals surface area contributed by atoms with Gasteiger partial charge in [0.15, 0.2) is 9.84 Å². The molecule has 1 atom stereocenters. The quantitative estimate of drug-likeness (QED) is 0.869. The molecule has 2 rings (SSSR count). The Bertz CT molecular complexity index is 467. The summed E-state index contributed by atoms with van der Waals surface area (Å²) in [6.45, 7) is 0.986. The predicted molar refractivity (Wildman–Crippen MR) is 67.0 cm³/mol. The summed E-state index contributed by atoms with van der Waals surface area (Å²) in [7, 11) is -2.82. The number of nitrogens with two attached hydrogens (primary N) is 1. The third-order valence-corrected chi connectivity index (χ3v) is 4.74. The molecule has 1 fully saturated rings. The molecule has 1 aromatic carbocycles. The maximum atomic E-state index is 11.4. The molecule has 1 aliphatic heterocycles. The lowest BCUT2D eigenvalue weighted by molar-refractivity contribution is 0.328. The molecular formula is C12H17NO3S. The van der Waals surface area contributed by atoms with Gasteiger partial charge in [0, 0.05) is 6.54 Å². The summed E-state index contributed by atoms with van der Waals surface area (Å²) in [6, 6.07) is 7.63. The van der Waals surface area contributed by atoms with Gasteiger partial charge in [-0.25, -0.2) is 8.42 Å². The first-order valence-corrected chi connectivity index (χ1v) is 7.56. The van der Waals surface area contributed by atoms with Gasteiger partial charge in [0.25, 0.3) is 0 Å². The van der Waals surface area contributed by atoms with Crippen molar-refractivity contribution in [2.24, 2.45) is 5.73 Å². The highest BCUT2D eigenvalue weighted by atomic mass is 32.2. The highest BCUT2D eigenvalue weighted by Crippen LogP contribution is 2.29. The Balaban J connectivity index is 2.03. The van der Waals surface area contributed by atoms with Crippen LogP contribution in [0.2, 0.25) is 0 Å². The maximum absolute atomic E-state index is 11.4. The second-order valence-electron chi connectivity index (χ2n) is 4.31. The van der Waals surface area contributed by atoms with Crippen LogP contribution < -0.4 is 10.5 Å². The number of rotatable bonds is 4. The highest BCUT2D eigenvalue weighted by Gasteiger charge is 2.28. The van der Waals surface area contributed by atoms with Crippen molar-refractivity contribution in [3.05, 3.63) is 29.8 Å². The van der Waals surface area contributed by atoms with Crippen molar-refractivity contribution < 1.29 is 13.2 Å². The van der Waals surface area contributed by atoms with E-state index in [4.69, 9.17) is 10.5 Å². The van der Waals surface area contributed by atoms with Gasteiger partial charge in [-0.1, -0.05) is 12.1 Å². The molecule has 1 heterocycles. The van der Waals surface area contributed by atoms with Gasteiger partial charge in [-0.2, -0.15) is 0 Å². The minimum atomic E-state index is -2.82. The Morgan fingerprint density at radius 2 is 2.00 bits per heavy atom. The lowest BCUT2D eigenvalue weighted by Gasteiger charge is -2.09. The molecule has 0 radical (unpaired) electrons. The van der Waals surface area contributed by atoms with E-state index >= 15 is 0 Å². The van der Waals surface area contributed by atoms with Crippen LogP contribution in [0.5, 0.6) is 5.75 Å². The number of benzene rings is 1. The molecule has 0 amide bonds. The minimum Gasteiger partial charge on any atom is -0.492 e. The fourth-order valence-corrected chi connectivity index (χ4v) is 3.85. The predicted octanol–water partition coefficient (Wildman–Crippen LogP) is 0.926. The Labute approximate surface area is 102 Å². The average Bonchev–Trinajstić information content (AvgIpc) is 2.68. The van der Waals surface area contributed by atoms with Gasteiger partial charge in [0.1, 0.15) is 12.4 Å². The Kier molecular flexibility index (Phi) is 3.69. The molecule has 1 unspecified atom stereocenters. The summed E-state index contributed by atoms with van der Waals surface area (Å²) in [5.41, 5.74) is 6.42. The van der Waals surface area contributed by atoms with Crippen LogP contribution in [0.3, 0.4) is 0 Å². The number of hydrogen-bond donors (Lipinski definition) is 1. The average molecular weight is 255 g/mol. The molecule has 1 saturated heterocycles. The molecule has 0 saturated carbocycles. The standard InChI is InChI=1S/C12H17NO3S/c13-6-7-16-12-3-1-10(2-4-12)11-5-8-17(14,15)9-11/h1-4,11H,5-9,13H2. The molecular weight excluding hydrogens is 238 g/mol. The molecule has 1 aliphatic rings. The van der Waals surface area contributed by atoms with Crippen molar-refractivity contribution >= 4 is 9.84 Å². The summed E-state index contributed by atoms with van der Waals surface area (Å²) in [5, 5.41) is 0. The molecule has 94 valence electrons. The molecule has 5 heteroatoms. The van der Waals surface area contributed by atoms with Crippen molar-refractivity contribution in [3.63, 3.8) is 0 Å². The Hall–Kier alpha value is -1.07. The third kappa shape index (κ3) is 3.20. The summed E-state index contributed by atoms with van der Waals surface area (Å²) >= 11 is 0. The van der Waals surface area contributed by atoms with E-state index < -0.39 is 9.84 Å². The van der Waals surface area contributed by atoms with Gasteiger partial charge < -0.3 is 10.5 Å². The van der Waals surface area contributed by atoms with Crippen LogP contribution in [0.4, 0.5) is 0 Å². The highest BCUT2D eigenvalue weighted by molar-refractivity contribution is 7.91.